The molecule has 1 aromatic carbocycles. The van der Waals surface area contributed by atoms with Gasteiger partial charge in [0.2, 0.25) is 0 Å². The van der Waals surface area contributed by atoms with E-state index in [4.69, 9.17) is 21.1 Å². The molecule has 1 aliphatic rings. The minimum absolute atomic E-state index is 0.0513. The second kappa shape index (κ2) is 9.32. The van der Waals surface area contributed by atoms with Gasteiger partial charge in [0.25, 0.3) is 0 Å². The summed E-state index contributed by atoms with van der Waals surface area (Å²) in [5.41, 5.74) is 1.74. The quantitative estimate of drug-likeness (QED) is 0.652. The molecule has 1 atom stereocenters. The number of nitrogens with zero attached hydrogens (tertiary/aromatic N) is 2. The standard InChI is InChI=1S/C21H27ClN2O4S/c1-4-28-19-10-15(7-8-18(19)27-2)13-24-9-5-6-16(14-24)21-20(29(3,25)26)11-17(22)12-23-21/h7-8,10-12,16H,4-6,9,13-14H2,1-3H3. The van der Waals surface area contributed by atoms with E-state index >= 15 is 0 Å². The van der Waals surface area contributed by atoms with Crippen molar-refractivity contribution in [2.75, 3.05) is 33.1 Å². The van der Waals surface area contributed by atoms with Gasteiger partial charge in [0, 0.05) is 31.5 Å². The van der Waals surface area contributed by atoms with Crippen molar-refractivity contribution in [1.82, 2.24) is 9.88 Å². The molecule has 6 nitrogen and oxygen atoms in total. The highest BCUT2D eigenvalue weighted by atomic mass is 35.5. The second-order valence-electron chi connectivity index (χ2n) is 7.30. The molecule has 1 aromatic heterocycles. The second-order valence-corrected chi connectivity index (χ2v) is 9.72. The van der Waals surface area contributed by atoms with Gasteiger partial charge in [-0.05, 0) is 50.1 Å². The number of ether oxygens (including phenoxy) is 2. The summed E-state index contributed by atoms with van der Waals surface area (Å²) < 4.78 is 35.5. The topological polar surface area (TPSA) is 68.7 Å². The number of aromatic nitrogens is 1. The van der Waals surface area contributed by atoms with E-state index in [0.717, 1.165) is 49.5 Å². The summed E-state index contributed by atoms with van der Waals surface area (Å²) in [4.78, 5) is 6.96. The molecule has 0 saturated carbocycles. The maximum Gasteiger partial charge on any atom is 0.177 e. The van der Waals surface area contributed by atoms with Gasteiger partial charge < -0.3 is 9.47 Å². The molecule has 1 saturated heterocycles. The molecule has 3 rings (SSSR count). The van der Waals surface area contributed by atoms with Crippen LogP contribution in [0.3, 0.4) is 0 Å². The van der Waals surface area contributed by atoms with Crippen LogP contribution in [0.2, 0.25) is 5.02 Å². The summed E-state index contributed by atoms with van der Waals surface area (Å²) >= 11 is 6.00. The van der Waals surface area contributed by atoms with E-state index in [0.29, 0.717) is 17.3 Å². The monoisotopic (exact) mass is 438 g/mol. The molecule has 0 radical (unpaired) electrons. The molecule has 2 aromatic rings. The summed E-state index contributed by atoms with van der Waals surface area (Å²) in [6, 6.07) is 7.47. The van der Waals surface area contributed by atoms with E-state index in [1.165, 1.54) is 18.5 Å². The van der Waals surface area contributed by atoms with Gasteiger partial charge in [-0.15, -0.1) is 0 Å². The van der Waals surface area contributed by atoms with Crippen LogP contribution >= 0.6 is 11.6 Å². The predicted octanol–water partition coefficient (Wildman–Crippen LogP) is 3.93. The third-order valence-corrected chi connectivity index (χ3v) is 6.41. The molecule has 0 aliphatic carbocycles. The molecule has 1 aliphatic heterocycles. The number of hydrogen-bond acceptors (Lipinski definition) is 6. The van der Waals surface area contributed by atoms with Crippen LogP contribution in [0.15, 0.2) is 35.4 Å². The van der Waals surface area contributed by atoms with Gasteiger partial charge in [-0.3, -0.25) is 9.88 Å². The summed E-state index contributed by atoms with van der Waals surface area (Å²) in [5, 5.41) is 0.337. The number of halogens is 1. The van der Waals surface area contributed by atoms with E-state index in [2.05, 4.69) is 9.88 Å². The zero-order chi connectivity index (χ0) is 21.0. The highest BCUT2D eigenvalue weighted by Crippen LogP contribution is 2.33. The van der Waals surface area contributed by atoms with Crippen LogP contribution in [0.1, 0.15) is 36.9 Å². The Morgan fingerprint density at radius 2 is 2.07 bits per heavy atom. The van der Waals surface area contributed by atoms with Gasteiger partial charge in [-0.1, -0.05) is 17.7 Å². The van der Waals surface area contributed by atoms with Crippen molar-refractivity contribution in [3.8, 4) is 11.5 Å². The Kier molecular flexibility index (Phi) is 7.03. The van der Waals surface area contributed by atoms with Crippen molar-refractivity contribution in [1.29, 1.82) is 0 Å². The molecule has 0 spiro atoms. The molecule has 8 heteroatoms. The van der Waals surface area contributed by atoms with Gasteiger partial charge in [-0.2, -0.15) is 0 Å². The van der Waals surface area contributed by atoms with Crippen molar-refractivity contribution in [2.24, 2.45) is 0 Å². The molecular formula is C21H27ClN2O4S. The Morgan fingerprint density at radius 1 is 1.28 bits per heavy atom. The van der Waals surface area contributed by atoms with Crippen LogP contribution in [0.4, 0.5) is 0 Å². The number of piperidine rings is 1. The summed E-state index contributed by atoms with van der Waals surface area (Å²) in [5.74, 6) is 1.51. The molecule has 29 heavy (non-hydrogen) atoms. The first-order valence-corrected chi connectivity index (χ1v) is 12.0. The van der Waals surface area contributed by atoms with Crippen molar-refractivity contribution in [3.05, 3.63) is 46.7 Å². The lowest BCUT2D eigenvalue weighted by atomic mass is 9.94. The minimum atomic E-state index is -3.40. The number of pyridine rings is 1. The Hall–Kier alpha value is -1.83. The number of likely N-dealkylation sites (tertiary alicyclic amines) is 1. The van der Waals surface area contributed by atoms with Gasteiger partial charge in [-0.25, -0.2) is 8.42 Å². The van der Waals surface area contributed by atoms with Crippen LogP contribution < -0.4 is 9.47 Å². The lowest BCUT2D eigenvalue weighted by molar-refractivity contribution is 0.197. The van der Waals surface area contributed by atoms with Crippen molar-refractivity contribution >= 4 is 21.4 Å². The Morgan fingerprint density at radius 3 is 2.76 bits per heavy atom. The van der Waals surface area contributed by atoms with Crippen LogP contribution in [-0.2, 0) is 16.4 Å². The molecule has 0 N–H and O–H groups in total. The lowest BCUT2D eigenvalue weighted by Gasteiger charge is -2.33. The molecule has 0 bridgehead atoms. The fourth-order valence-corrected chi connectivity index (χ4v) is 4.97. The lowest BCUT2D eigenvalue weighted by Crippen LogP contribution is -2.34. The number of benzene rings is 1. The van der Waals surface area contributed by atoms with Gasteiger partial charge in [0.15, 0.2) is 21.3 Å². The normalized spacial score (nSPS) is 17.9. The zero-order valence-electron chi connectivity index (χ0n) is 17.0. The highest BCUT2D eigenvalue weighted by Gasteiger charge is 2.27. The molecular weight excluding hydrogens is 412 g/mol. The maximum atomic E-state index is 12.2. The van der Waals surface area contributed by atoms with Crippen molar-refractivity contribution < 1.29 is 17.9 Å². The van der Waals surface area contributed by atoms with E-state index in [9.17, 15) is 8.42 Å². The van der Waals surface area contributed by atoms with E-state index in [1.807, 2.05) is 25.1 Å². The largest absolute Gasteiger partial charge is 0.493 e. The average molecular weight is 439 g/mol. The van der Waals surface area contributed by atoms with Gasteiger partial charge in [0.05, 0.1) is 29.3 Å². The number of sulfone groups is 1. The molecule has 1 unspecified atom stereocenters. The van der Waals surface area contributed by atoms with E-state index in [-0.39, 0.29) is 10.8 Å². The van der Waals surface area contributed by atoms with Gasteiger partial charge >= 0.3 is 0 Å². The minimum Gasteiger partial charge on any atom is -0.493 e. The molecule has 1 fully saturated rings. The summed E-state index contributed by atoms with van der Waals surface area (Å²) in [7, 11) is -1.77. The first-order chi connectivity index (χ1) is 13.8. The SMILES string of the molecule is CCOc1cc(CN2CCCC(c3ncc(Cl)cc3S(C)(=O)=O)C2)ccc1OC. The van der Waals surface area contributed by atoms with E-state index < -0.39 is 9.84 Å². The molecule has 158 valence electrons. The Balaban J connectivity index is 1.80. The fourth-order valence-electron chi connectivity index (χ4n) is 3.80. The third kappa shape index (κ3) is 5.41. The van der Waals surface area contributed by atoms with E-state index in [1.54, 1.807) is 7.11 Å². The highest BCUT2D eigenvalue weighted by molar-refractivity contribution is 7.90. The van der Waals surface area contributed by atoms with Crippen LogP contribution in [-0.4, -0.2) is 51.4 Å². The van der Waals surface area contributed by atoms with Gasteiger partial charge in [0.1, 0.15) is 0 Å². The summed E-state index contributed by atoms with van der Waals surface area (Å²) in [6.07, 6.45) is 4.62. The van der Waals surface area contributed by atoms with Crippen molar-refractivity contribution in [2.45, 2.75) is 37.1 Å². The first kappa shape index (κ1) is 21.9. The van der Waals surface area contributed by atoms with Crippen LogP contribution in [0, 0.1) is 0 Å². The van der Waals surface area contributed by atoms with Crippen molar-refractivity contribution in [3.63, 3.8) is 0 Å². The first-order valence-electron chi connectivity index (χ1n) is 9.69. The number of hydrogen-bond donors (Lipinski definition) is 0. The molecule has 2 heterocycles. The molecule has 0 amide bonds. The Labute approximate surface area is 177 Å². The Bertz CT molecular complexity index is 965. The number of rotatable bonds is 7. The third-order valence-electron chi connectivity index (χ3n) is 5.07. The summed E-state index contributed by atoms with van der Waals surface area (Å²) in [6.45, 7) is 4.96. The maximum absolute atomic E-state index is 12.2. The zero-order valence-corrected chi connectivity index (χ0v) is 18.6. The fraction of sp³-hybridized carbons (Fsp3) is 0.476. The average Bonchev–Trinajstić information content (AvgIpc) is 2.68. The number of methoxy groups -OCH3 is 1. The predicted molar refractivity (Wildman–Crippen MR) is 114 cm³/mol. The van der Waals surface area contributed by atoms with Crippen LogP contribution in [0.25, 0.3) is 0 Å². The van der Waals surface area contributed by atoms with Crippen LogP contribution in [0.5, 0.6) is 11.5 Å². The smallest absolute Gasteiger partial charge is 0.177 e.